The van der Waals surface area contributed by atoms with E-state index in [-0.39, 0.29) is 5.82 Å². The van der Waals surface area contributed by atoms with Crippen molar-refractivity contribution in [3.63, 3.8) is 0 Å². The Labute approximate surface area is 185 Å². The highest BCUT2D eigenvalue weighted by Crippen LogP contribution is 2.36. The second-order valence-corrected chi connectivity index (χ2v) is 7.95. The molecule has 1 aliphatic rings. The highest BCUT2D eigenvalue weighted by Gasteiger charge is 2.26. The number of nitrogens with zero attached hydrogens (tertiary/aromatic N) is 3. The van der Waals surface area contributed by atoms with E-state index in [1.165, 1.54) is 6.07 Å². The van der Waals surface area contributed by atoms with Crippen molar-refractivity contribution >= 4 is 22.9 Å². The minimum absolute atomic E-state index is 0.309. The van der Waals surface area contributed by atoms with Gasteiger partial charge in [0, 0.05) is 21.7 Å². The van der Waals surface area contributed by atoms with E-state index < -0.39 is 0 Å². The normalized spacial score (nSPS) is 12.5. The quantitative estimate of drug-likeness (QED) is 0.357. The van der Waals surface area contributed by atoms with Crippen molar-refractivity contribution in [3.8, 4) is 16.9 Å². The molecule has 0 bridgehead atoms. The van der Waals surface area contributed by atoms with Crippen LogP contribution < -0.4 is 0 Å². The number of allylic oxidation sites excluding steroid dienone is 1. The first-order chi connectivity index (χ1) is 15.0. The Balaban J connectivity index is 1.84. The molecule has 0 saturated carbocycles. The number of halogens is 2. The van der Waals surface area contributed by atoms with Crippen molar-refractivity contribution in [2.75, 3.05) is 0 Å². The molecule has 4 aromatic rings. The molecule has 0 saturated heterocycles. The molecule has 0 atom stereocenters. The van der Waals surface area contributed by atoms with E-state index in [0.29, 0.717) is 22.8 Å². The molecule has 5 heteroatoms. The summed E-state index contributed by atoms with van der Waals surface area (Å²) in [5.41, 5.74) is 6.29. The molecule has 1 aliphatic heterocycles. The van der Waals surface area contributed by atoms with Gasteiger partial charge in [0.05, 0.1) is 29.3 Å². The van der Waals surface area contributed by atoms with Gasteiger partial charge in [0.2, 0.25) is 0 Å². The highest BCUT2D eigenvalue weighted by molar-refractivity contribution is 6.31. The van der Waals surface area contributed by atoms with Crippen LogP contribution >= 0.6 is 11.6 Å². The van der Waals surface area contributed by atoms with Crippen LogP contribution in [0.1, 0.15) is 29.6 Å². The van der Waals surface area contributed by atoms with E-state index in [0.717, 1.165) is 39.6 Å². The third kappa shape index (κ3) is 3.29. The van der Waals surface area contributed by atoms with Gasteiger partial charge in [-0.15, -0.1) is 0 Å². The first-order valence-corrected chi connectivity index (χ1v) is 10.3. The van der Waals surface area contributed by atoms with Crippen LogP contribution in [0.2, 0.25) is 5.02 Å². The van der Waals surface area contributed by atoms with Crippen molar-refractivity contribution in [1.29, 1.82) is 0 Å². The number of hydrogen-bond acceptors (Lipinski definition) is 2. The lowest BCUT2D eigenvalue weighted by Gasteiger charge is -2.16. The van der Waals surface area contributed by atoms with Gasteiger partial charge in [0.25, 0.3) is 0 Å². The smallest absolute Gasteiger partial charge is 0.136 e. The fraction of sp³-hybridized carbons (Fsp3) is 0.0769. The molecule has 3 nitrogen and oxygen atoms in total. The van der Waals surface area contributed by atoms with Gasteiger partial charge in [-0.2, -0.15) is 0 Å². The summed E-state index contributed by atoms with van der Waals surface area (Å²) in [5, 5.41) is 0.563. The average Bonchev–Trinajstić information content (AvgIpc) is 3.08. The summed E-state index contributed by atoms with van der Waals surface area (Å²) < 4.78 is 16.8. The van der Waals surface area contributed by atoms with Gasteiger partial charge in [-0.25, -0.2) is 9.37 Å². The zero-order valence-electron chi connectivity index (χ0n) is 16.9. The number of hydrogen-bond donors (Lipinski definition) is 0. The molecule has 5 rings (SSSR count). The summed E-state index contributed by atoms with van der Waals surface area (Å²) in [6.45, 7) is 6.40. The van der Waals surface area contributed by atoms with Crippen molar-refractivity contribution in [2.24, 2.45) is 4.99 Å². The van der Waals surface area contributed by atoms with Crippen molar-refractivity contribution in [2.45, 2.75) is 13.5 Å². The van der Waals surface area contributed by atoms with Gasteiger partial charge < -0.3 is 0 Å². The van der Waals surface area contributed by atoms with Gasteiger partial charge in [0.1, 0.15) is 11.6 Å². The lowest BCUT2D eigenvalue weighted by atomic mass is 9.99. The van der Waals surface area contributed by atoms with E-state index in [1.54, 1.807) is 12.1 Å². The molecular formula is C26H19ClFN3. The molecule has 2 heterocycles. The second kappa shape index (κ2) is 7.64. The maximum Gasteiger partial charge on any atom is 0.136 e. The molecule has 0 spiro atoms. The summed E-state index contributed by atoms with van der Waals surface area (Å²) in [5.74, 6) is 0.449. The van der Waals surface area contributed by atoms with E-state index in [4.69, 9.17) is 21.6 Å². The Kier molecular flexibility index (Phi) is 4.79. The van der Waals surface area contributed by atoms with Crippen molar-refractivity contribution in [3.05, 3.63) is 113 Å². The molecular weight excluding hydrogens is 409 g/mol. The number of rotatable bonds is 3. The standard InChI is InChI=1S/C26H19ClFN3/c1-16(2)24-26(17-8-4-3-5-9-17)31-22-13-12-18(27)14-20(22)25(29-15-23(31)30-24)19-10-6-7-11-21(19)28/h3-14H,1,15H2,2H3. The Morgan fingerprint density at radius 1 is 1.00 bits per heavy atom. The molecule has 0 unspecified atom stereocenters. The highest BCUT2D eigenvalue weighted by atomic mass is 35.5. The van der Waals surface area contributed by atoms with Crippen molar-refractivity contribution < 1.29 is 4.39 Å². The lowest BCUT2D eigenvalue weighted by molar-refractivity contribution is 0.625. The van der Waals surface area contributed by atoms with E-state index in [2.05, 4.69) is 23.3 Å². The molecule has 31 heavy (non-hydrogen) atoms. The van der Waals surface area contributed by atoms with Crippen LogP contribution in [-0.4, -0.2) is 15.3 Å². The maximum atomic E-state index is 14.7. The van der Waals surface area contributed by atoms with E-state index in [1.807, 2.05) is 49.4 Å². The number of benzene rings is 3. The summed E-state index contributed by atoms with van der Waals surface area (Å²) in [4.78, 5) is 9.68. The van der Waals surface area contributed by atoms with Crippen LogP contribution in [0.25, 0.3) is 22.5 Å². The fourth-order valence-corrected chi connectivity index (χ4v) is 4.18. The van der Waals surface area contributed by atoms with Gasteiger partial charge >= 0.3 is 0 Å². The number of aliphatic imine (C=N–C) groups is 1. The first-order valence-electron chi connectivity index (χ1n) is 9.97. The topological polar surface area (TPSA) is 30.2 Å². The summed E-state index contributed by atoms with van der Waals surface area (Å²) in [6.07, 6.45) is 0. The predicted octanol–water partition coefficient (Wildman–Crippen LogP) is 6.72. The second-order valence-electron chi connectivity index (χ2n) is 7.51. The minimum atomic E-state index is -0.322. The summed E-state index contributed by atoms with van der Waals surface area (Å²) >= 11 is 6.37. The SMILES string of the molecule is C=C(C)c1nc2n(c1-c1ccccc1)-c1ccc(Cl)cc1C(c1ccccc1F)=NC2. The summed E-state index contributed by atoms with van der Waals surface area (Å²) in [7, 11) is 0. The molecule has 3 aromatic carbocycles. The molecule has 152 valence electrons. The van der Waals surface area contributed by atoms with Crippen LogP contribution in [0.4, 0.5) is 4.39 Å². The zero-order chi connectivity index (χ0) is 21.5. The number of aromatic nitrogens is 2. The maximum absolute atomic E-state index is 14.7. The minimum Gasteiger partial charge on any atom is -0.293 e. The Morgan fingerprint density at radius 2 is 1.74 bits per heavy atom. The van der Waals surface area contributed by atoms with Crippen LogP contribution in [0.3, 0.4) is 0 Å². The first kappa shape index (κ1) is 19.5. The van der Waals surface area contributed by atoms with Crippen LogP contribution in [0, 0.1) is 5.82 Å². The third-order valence-corrected chi connectivity index (χ3v) is 5.60. The molecule has 0 fully saturated rings. The van der Waals surface area contributed by atoms with Gasteiger partial charge in [-0.1, -0.05) is 60.6 Å². The summed E-state index contributed by atoms with van der Waals surface area (Å²) in [6, 6.07) is 22.4. The molecule has 0 aliphatic carbocycles. The van der Waals surface area contributed by atoms with Gasteiger partial charge in [-0.05, 0) is 42.8 Å². The fourth-order valence-electron chi connectivity index (χ4n) is 4.00. The molecule has 0 N–H and O–H groups in total. The Bertz CT molecular complexity index is 1350. The number of fused-ring (bicyclic) bond motifs is 3. The lowest BCUT2D eigenvalue weighted by Crippen LogP contribution is -2.10. The largest absolute Gasteiger partial charge is 0.293 e. The monoisotopic (exact) mass is 427 g/mol. The predicted molar refractivity (Wildman–Crippen MR) is 124 cm³/mol. The zero-order valence-corrected chi connectivity index (χ0v) is 17.7. The van der Waals surface area contributed by atoms with Gasteiger partial charge in [-0.3, -0.25) is 9.56 Å². The van der Waals surface area contributed by atoms with E-state index >= 15 is 0 Å². The van der Waals surface area contributed by atoms with Crippen LogP contribution in [-0.2, 0) is 6.54 Å². The van der Waals surface area contributed by atoms with E-state index in [9.17, 15) is 4.39 Å². The molecule has 1 aromatic heterocycles. The van der Waals surface area contributed by atoms with Crippen LogP contribution in [0.15, 0.2) is 84.4 Å². The molecule has 0 amide bonds. The Morgan fingerprint density at radius 3 is 2.48 bits per heavy atom. The number of imidazole rings is 1. The Hall–Kier alpha value is -3.50. The third-order valence-electron chi connectivity index (χ3n) is 5.36. The average molecular weight is 428 g/mol. The van der Waals surface area contributed by atoms with Crippen molar-refractivity contribution in [1.82, 2.24) is 9.55 Å². The molecule has 0 radical (unpaired) electrons. The van der Waals surface area contributed by atoms with Crippen LogP contribution in [0.5, 0.6) is 0 Å². The van der Waals surface area contributed by atoms with Gasteiger partial charge in [0.15, 0.2) is 0 Å².